The van der Waals surface area contributed by atoms with E-state index in [0.717, 1.165) is 11.1 Å². The first-order valence-electron chi connectivity index (χ1n) is 8.20. The average molecular weight is 365 g/mol. The van der Waals surface area contributed by atoms with Crippen molar-refractivity contribution in [2.24, 2.45) is 0 Å². The Kier molecular flexibility index (Phi) is 5.19. The molecule has 0 radical (unpaired) electrons. The second kappa shape index (κ2) is 7.54. The maximum Gasteiger partial charge on any atom is 0.310 e. The van der Waals surface area contributed by atoms with Gasteiger partial charge in [-0.2, -0.15) is 0 Å². The van der Waals surface area contributed by atoms with Crippen molar-refractivity contribution in [2.75, 3.05) is 0 Å². The van der Waals surface area contributed by atoms with Crippen molar-refractivity contribution in [3.05, 3.63) is 94.5 Å². The number of carboxylic acid groups (broad SMARTS) is 1. The lowest BCUT2D eigenvalue weighted by Gasteiger charge is -2.16. The molecule has 0 fully saturated rings. The molecule has 3 nitrogen and oxygen atoms in total. The number of ketones is 1. The lowest BCUT2D eigenvalue weighted by Crippen LogP contribution is -2.11. The molecular weight excluding hydrogens is 348 g/mol. The predicted molar refractivity (Wildman–Crippen MR) is 103 cm³/mol. The molecule has 4 heteroatoms. The van der Waals surface area contributed by atoms with Crippen molar-refractivity contribution < 1.29 is 14.7 Å². The van der Waals surface area contributed by atoms with E-state index < -0.39 is 11.9 Å². The first kappa shape index (κ1) is 17.9. The van der Waals surface area contributed by atoms with Gasteiger partial charge in [-0.3, -0.25) is 9.59 Å². The third kappa shape index (κ3) is 3.53. The lowest BCUT2D eigenvalue weighted by atomic mass is 9.88. The molecule has 3 aromatic rings. The number of carbonyl (C=O) groups is 2. The number of halogens is 1. The molecule has 130 valence electrons. The summed E-state index contributed by atoms with van der Waals surface area (Å²) in [5, 5.41) is 9.81. The van der Waals surface area contributed by atoms with Crippen molar-refractivity contribution in [1.29, 1.82) is 0 Å². The molecule has 1 atom stereocenters. The molecule has 0 aliphatic heterocycles. The maximum absolute atomic E-state index is 12.8. The Labute approximate surface area is 156 Å². The molecule has 3 rings (SSSR count). The van der Waals surface area contributed by atoms with Crippen LogP contribution in [0, 0.1) is 0 Å². The number of rotatable bonds is 5. The summed E-state index contributed by atoms with van der Waals surface area (Å²) in [4.78, 5) is 24.4. The van der Waals surface area contributed by atoms with Crippen LogP contribution in [0.15, 0.2) is 72.8 Å². The van der Waals surface area contributed by atoms with Crippen LogP contribution in [0.3, 0.4) is 0 Å². The Morgan fingerprint density at radius 1 is 0.923 bits per heavy atom. The van der Waals surface area contributed by atoms with Gasteiger partial charge in [0.2, 0.25) is 0 Å². The predicted octanol–water partition coefficient (Wildman–Crippen LogP) is 5.43. The fourth-order valence-corrected chi connectivity index (χ4v) is 3.12. The second-order valence-corrected chi connectivity index (χ2v) is 6.45. The summed E-state index contributed by atoms with van der Waals surface area (Å²) in [5.41, 5.74) is 2.95. The van der Waals surface area contributed by atoms with Crippen LogP contribution < -0.4 is 0 Å². The van der Waals surface area contributed by atoms with Crippen LogP contribution >= 0.6 is 11.6 Å². The summed E-state index contributed by atoms with van der Waals surface area (Å²) < 4.78 is 0. The molecule has 0 spiro atoms. The van der Waals surface area contributed by atoms with Crippen molar-refractivity contribution >= 4 is 23.4 Å². The first-order valence-corrected chi connectivity index (χ1v) is 8.58. The lowest BCUT2D eigenvalue weighted by molar-refractivity contribution is -0.138. The van der Waals surface area contributed by atoms with Gasteiger partial charge in [-0.05, 0) is 35.7 Å². The Morgan fingerprint density at radius 2 is 1.50 bits per heavy atom. The van der Waals surface area contributed by atoms with Crippen LogP contribution in [0.5, 0.6) is 0 Å². The van der Waals surface area contributed by atoms with Gasteiger partial charge < -0.3 is 5.11 Å². The molecule has 3 aromatic carbocycles. The average Bonchev–Trinajstić information content (AvgIpc) is 2.68. The number of carbonyl (C=O) groups excluding carboxylic acids is 1. The molecule has 0 aliphatic carbocycles. The standard InChI is InChI=1S/C22H17ClO3/c1-14(22(25)26)17-12-19(21(24)16-10-6-3-7-11-16)20(23)13-18(17)15-8-4-2-5-9-15/h2-14H,1H3,(H,25,26). The Balaban J connectivity index is 2.18. The molecule has 0 aromatic heterocycles. The normalized spacial score (nSPS) is 11.8. The van der Waals surface area contributed by atoms with Crippen molar-refractivity contribution in [3.8, 4) is 11.1 Å². The third-order valence-electron chi connectivity index (χ3n) is 4.34. The van der Waals surface area contributed by atoms with Gasteiger partial charge in [0.1, 0.15) is 0 Å². The van der Waals surface area contributed by atoms with Crippen LogP contribution in [0.4, 0.5) is 0 Å². The number of carboxylic acids is 1. The summed E-state index contributed by atoms with van der Waals surface area (Å²) in [5.74, 6) is -1.96. The molecule has 0 aliphatic rings. The van der Waals surface area contributed by atoms with E-state index >= 15 is 0 Å². The molecule has 0 saturated carbocycles. The van der Waals surface area contributed by atoms with Crippen molar-refractivity contribution in [3.63, 3.8) is 0 Å². The highest BCUT2D eigenvalue weighted by Gasteiger charge is 2.23. The van der Waals surface area contributed by atoms with E-state index in [1.807, 2.05) is 36.4 Å². The highest BCUT2D eigenvalue weighted by molar-refractivity contribution is 6.35. The first-order chi connectivity index (χ1) is 12.5. The molecular formula is C22H17ClO3. The summed E-state index contributed by atoms with van der Waals surface area (Å²) in [6, 6.07) is 21.5. The third-order valence-corrected chi connectivity index (χ3v) is 4.65. The van der Waals surface area contributed by atoms with Crippen molar-refractivity contribution in [2.45, 2.75) is 12.8 Å². The quantitative estimate of drug-likeness (QED) is 0.614. The van der Waals surface area contributed by atoms with Gasteiger partial charge >= 0.3 is 5.97 Å². The monoisotopic (exact) mass is 364 g/mol. The SMILES string of the molecule is CC(C(=O)O)c1cc(C(=O)c2ccccc2)c(Cl)cc1-c1ccccc1. The van der Waals surface area contributed by atoms with E-state index in [0.29, 0.717) is 21.7 Å². The van der Waals surface area contributed by atoms with E-state index in [1.54, 1.807) is 43.3 Å². The maximum atomic E-state index is 12.8. The van der Waals surface area contributed by atoms with Gasteiger partial charge in [0, 0.05) is 11.1 Å². The van der Waals surface area contributed by atoms with E-state index in [9.17, 15) is 14.7 Å². The number of aliphatic carboxylic acids is 1. The number of benzene rings is 3. The Hall–Kier alpha value is -2.91. The van der Waals surface area contributed by atoms with Crippen molar-refractivity contribution in [1.82, 2.24) is 0 Å². The van der Waals surface area contributed by atoms with Crippen LogP contribution in [0.25, 0.3) is 11.1 Å². The van der Waals surface area contributed by atoms with Gasteiger partial charge in [-0.15, -0.1) is 0 Å². The highest BCUT2D eigenvalue weighted by atomic mass is 35.5. The molecule has 1 N–H and O–H groups in total. The minimum Gasteiger partial charge on any atom is -0.481 e. The van der Waals surface area contributed by atoms with E-state index in [2.05, 4.69) is 0 Å². The molecule has 1 unspecified atom stereocenters. The number of hydrogen-bond donors (Lipinski definition) is 1. The zero-order valence-corrected chi connectivity index (χ0v) is 14.9. The smallest absolute Gasteiger partial charge is 0.310 e. The van der Waals surface area contributed by atoms with E-state index in [4.69, 9.17) is 11.6 Å². The van der Waals surface area contributed by atoms with Crippen LogP contribution in [-0.2, 0) is 4.79 Å². The van der Waals surface area contributed by atoms with Gasteiger partial charge in [-0.25, -0.2) is 0 Å². The van der Waals surface area contributed by atoms with Gasteiger partial charge in [0.15, 0.2) is 5.78 Å². The van der Waals surface area contributed by atoms with E-state index in [-0.39, 0.29) is 5.78 Å². The minimum atomic E-state index is -0.956. The van der Waals surface area contributed by atoms with Crippen LogP contribution in [0.1, 0.15) is 34.3 Å². The van der Waals surface area contributed by atoms with Gasteiger partial charge in [-0.1, -0.05) is 72.3 Å². The second-order valence-electron chi connectivity index (χ2n) is 6.04. The summed E-state index contributed by atoms with van der Waals surface area (Å²) >= 11 is 6.41. The minimum absolute atomic E-state index is 0.228. The Morgan fingerprint density at radius 3 is 2.08 bits per heavy atom. The molecule has 26 heavy (non-hydrogen) atoms. The summed E-state index contributed by atoms with van der Waals surface area (Å²) in [6.07, 6.45) is 0. The molecule has 0 heterocycles. The fourth-order valence-electron chi connectivity index (χ4n) is 2.87. The number of hydrogen-bond acceptors (Lipinski definition) is 2. The largest absolute Gasteiger partial charge is 0.481 e. The van der Waals surface area contributed by atoms with Gasteiger partial charge in [0.05, 0.1) is 10.9 Å². The van der Waals surface area contributed by atoms with E-state index in [1.165, 1.54) is 0 Å². The zero-order valence-electron chi connectivity index (χ0n) is 14.1. The molecule has 0 saturated heterocycles. The van der Waals surface area contributed by atoms with Crippen LogP contribution in [-0.4, -0.2) is 16.9 Å². The van der Waals surface area contributed by atoms with Crippen LogP contribution in [0.2, 0.25) is 5.02 Å². The summed E-state index contributed by atoms with van der Waals surface area (Å²) in [6.45, 7) is 1.61. The summed E-state index contributed by atoms with van der Waals surface area (Å²) in [7, 11) is 0. The molecule has 0 bridgehead atoms. The molecule has 0 amide bonds. The topological polar surface area (TPSA) is 54.4 Å². The Bertz CT molecular complexity index is 950. The zero-order chi connectivity index (χ0) is 18.7. The highest BCUT2D eigenvalue weighted by Crippen LogP contribution is 2.35. The van der Waals surface area contributed by atoms with Gasteiger partial charge in [0.25, 0.3) is 0 Å². The fraction of sp³-hybridized carbons (Fsp3) is 0.0909.